The zero-order valence-corrected chi connectivity index (χ0v) is 8.95. The molecule has 78 valence electrons. The van der Waals surface area contributed by atoms with Crippen molar-refractivity contribution in [3.8, 4) is 0 Å². The number of rotatable bonds is 4. The molecule has 3 heteroatoms. The number of nitrogens with zero attached hydrogens (tertiary/aromatic N) is 1. The molecule has 0 aromatic heterocycles. The van der Waals surface area contributed by atoms with E-state index in [2.05, 4.69) is 31.0 Å². The Hall–Kier alpha value is -0.120. The molecule has 2 N–H and O–H groups in total. The molecule has 1 saturated heterocycles. The van der Waals surface area contributed by atoms with E-state index in [9.17, 15) is 5.11 Å². The molecule has 0 radical (unpaired) electrons. The second kappa shape index (κ2) is 4.94. The maximum atomic E-state index is 9.34. The van der Waals surface area contributed by atoms with Crippen LogP contribution in [0.1, 0.15) is 27.2 Å². The standard InChI is InChI=1S/C10H22N2O/c1-4-12(8(2)3)7-9-5-10(13)6-11-9/h8-11,13H,4-7H2,1-3H3. The molecule has 0 aromatic carbocycles. The molecule has 0 aromatic rings. The SMILES string of the molecule is CCN(CC1CC(O)CN1)C(C)C. The summed E-state index contributed by atoms with van der Waals surface area (Å²) in [6.07, 6.45) is 0.777. The molecule has 1 fully saturated rings. The summed E-state index contributed by atoms with van der Waals surface area (Å²) in [5.41, 5.74) is 0. The molecule has 2 atom stereocenters. The molecule has 0 amide bonds. The van der Waals surface area contributed by atoms with Crippen LogP contribution in [0.25, 0.3) is 0 Å². The van der Waals surface area contributed by atoms with E-state index >= 15 is 0 Å². The number of aliphatic hydroxyl groups excluding tert-OH is 1. The molecule has 1 aliphatic rings. The van der Waals surface area contributed by atoms with Crippen molar-refractivity contribution in [3.05, 3.63) is 0 Å². The second-order valence-electron chi connectivity index (χ2n) is 4.18. The van der Waals surface area contributed by atoms with Gasteiger partial charge in [0, 0.05) is 25.2 Å². The fraction of sp³-hybridized carbons (Fsp3) is 1.00. The third-order valence-corrected chi connectivity index (χ3v) is 2.79. The first kappa shape index (κ1) is 11.0. The molecule has 2 unspecified atom stereocenters. The van der Waals surface area contributed by atoms with Crippen LogP contribution in [0.5, 0.6) is 0 Å². The van der Waals surface area contributed by atoms with Crippen LogP contribution in [0, 0.1) is 0 Å². The van der Waals surface area contributed by atoms with Gasteiger partial charge in [0.05, 0.1) is 6.10 Å². The average molecular weight is 186 g/mol. The molecule has 13 heavy (non-hydrogen) atoms. The molecule has 1 aliphatic heterocycles. The Balaban J connectivity index is 2.30. The lowest BCUT2D eigenvalue weighted by molar-refractivity contribution is 0.180. The Labute approximate surface area is 81.1 Å². The van der Waals surface area contributed by atoms with Gasteiger partial charge in [0.25, 0.3) is 0 Å². The predicted molar refractivity (Wildman–Crippen MR) is 54.8 cm³/mol. The van der Waals surface area contributed by atoms with Gasteiger partial charge in [-0.25, -0.2) is 0 Å². The van der Waals surface area contributed by atoms with Crippen LogP contribution in [0.2, 0.25) is 0 Å². The minimum atomic E-state index is -0.129. The number of hydrogen-bond donors (Lipinski definition) is 2. The van der Waals surface area contributed by atoms with Gasteiger partial charge in [-0.3, -0.25) is 4.90 Å². The van der Waals surface area contributed by atoms with Crippen molar-refractivity contribution in [3.63, 3.8) is 0 Å². The highest BCUT2D eigenvalue weighted by atomic mass is 16.3. The van der Waals surface area contributed by atoms with Crippen molar-refractivity contribution in [1.82, 2.24) is 10.2 Å². The fourth-order valence-corrected chi connectivity index (χ4v) is 1.93. The first-order valence-corrected chi connectivity index (χ1v) is 5.29. The quantitative estimate of drug-likeness (QED) is 0.669. The summed E-state index contributed by atoms with van der Waals surface area (Å²) in [5.74, 6) is 0. The summed E-state index contributed by atoms with van der Waals surface area (Å²) in [6.45, 7) is 9.53. The third-order valence-electron chi connectivity index (χ3n) is 2.79. The van der Waals surface area contributed by atoms with Crippen molar-refractivity contribution < 1.29 is 5.11 Å². The number of nitrogens with one attached hydrogen (secondary N) is 1. The van der Waals surface area contributed by atoms with E-state index in [-0.39, 0.29) is 6.10 Å². The van der Waals surface area contributed by atoms with Crippen LogP contribution in [0.4, 0.5) is 0 Å². The predicted octanol–water partition coefficient (Wildman–Crippen LogP) is 0.439. The van der Waals surface area contributed by atoms with Gasteiger partial charge in [0.1, 0.15) is 0 Å². The van der Waals surface area contributed by atoms with Crippen LogP contribution in [0.15, 0.2) is 0 Å². The highest BCUT2D eigenvalue weighted by Crippen LogP contribution is 2.09. The molecule has 0 bridgehead atoms. The van der Waals surface area contributed by atoms with Crippen LogP contribution in [-0.2, 0) is 0 Å². The smallest absolute Gasteiger partial charge is 0.0680 e. The Kier molecular flexibility index (Phi) is 4.16. The van der Waals surface area contributed by atoms with Gasteiger partial charge < -0.3 is 10.4 Å². The lowest BCUT2D eigenvalue weighted by atomic mass is 10.1. The second-order valence-corrected chi connectivity index (χ2v) is 4.18. The zero-order valence-electron chi connectivity index (χ0n) is 8.95. The Bertz CT molecular complexity index is 150. The molecular weight excluding hydrogens is 164 g/mol. The molecule has 0 spiro atoms. The van der Waals surface area contributed by atoms with Crippen molar-refractivity contribution in [2.45, 2.75) is 45.4 Å². The minimum Gasteiger partial charge on any atom is -0.392 e. The molecule has 1 heterocycles. The lowest BCUT2D eigenvalue weighted by Crippen LogP contribution is -2.41. The Morgan fingerprint density at radius 1 is 1.54 bits per heavy atom. The summed E-state index contributed by atoms with van der Waals surface area (Å²) >= 11 is 0. The van der Waals surface area contributed by atoms with Crippen molar-refractivity contribution >= 4 is 0 Å². The maximum Gasteiger partial charge on any atom is 0.0680 e. The number of aliphatic hydroxyl groups is 1. The normalized spacial score (nSPS) is 29.1. The van der Waals surface area contributed by atoms with E-state index in [1.807, 2.05) is 0 Å². The topological polar surface area (TPSA) is 35.5 Å². The molecular formula is C10H22N2O. The van der Waals surface area contributed by atoms with Crippen molar-refractivity contribution in [1.29, 1.82) is 0 Å². The van der Waals surface area contributed by atoms with Crippen molar-refractivity contribution in [2.75, 3.05) is 19.6 Å². The van der Waals surface area contributed by atoms with Crippen LogP contribution >= 0.6 is 0 Å². The summed E-state index contributed by atoms with van der Waals surface area (Å²) in [5, 5.41) is 12.7. The Morgan fingerprint density at radius 2 is 2.23 bits per heavy atom. The van der Waals surface area contributed by atoms with Crippen LogP contribution in [-0.4, -0.2) is 47.8 Å². The lowest BCUT2D eigenvalue weighted by Gasteiger charge is -2.27. The largest absolute Gasteiger partial charge is 0.392 e. The molecule has 1 rings (SSSR count). The number of hydrogen-bond acceptors (Lipinski definition) is 3. The summed E-state index contributed by atoms with van der Waals surface area (Å²) in [7, 11) is 0. The average Bonchev–Trinajstić information content (AvgIpc) is 2.46. The van der Waals surface area contributed by atoms with E-state index in [0.717, 1.165) is 26.1 Å². The molecule has 0 saturated carbocycles. The zero-order chi connectivity index (χ0) is 9.84. The van der Waals surface area contributed by atoms with Gasteiger partial charge >= 0.3 is 0 Å². The third kappa shape index (κ3) is 3.25. The van der Waals surface area contributed by atoms with Crippen LogP contribution < -0.4 is 5.32 Å². The number of likely N-dealkylation sites (N-methyl/N-ethyl adjacent to an activating group) is 1. The van der Waals surface area contributed by atoms with E-state index in [1.54, 1.807) is 0 Å². The molecule has 0 aliphatic carbocycles. The highest BCUT2D eigenvalue weighted by Gasteiger charge is 2.24. The monoisotopic (exact) mass is 186 g/mol. The van der Waals surface area contributed by atoms with Gasteiger partial charge in [-0.2, -0.15) is 0 Å². The van der Waals surface area contributed by atoms with E-state index < -0.39 is 0 Å². The van der Waals surface area contributed by atoms with E-state index in [1.165, 1.54) is 0 Å². The van der Waals surface area contributed by atoms with Gasteiger partial charge in [-0.15, -0.1) is 0 Å². The maximum absolute atomic E-state index is 9.34. The highest BCUT2D eigenvalue weighted by molar-refractivity contribution is 4.83. The summed E-state index contributed by atoms with van der Waals surface area (Å²) < 4.78 is 0. The fourth-order valence-electron chi connectivity index (χ4n) is 1.93. The first-order chi connectivity index (χ1) is 6.13. The van der Waals surface area contributed by atoms with Gasteiger partial charge in [-0.1, -0.05) is 6.92 Å². The van der Waals surface area contributed by atoms with Gasteiger partial charge in [-0.05, 0) is 26.8 Å². The number of β-amino-alcohol motifs (C(OH)–C–C–N with tert-alkyl or cyclic N) is 1. The van der Waals surface area contributed by atoms with Crippen molar-refractivity contribution in [2.24, 2.45) is 0 Å². The summed E-state index contributed by atoms with van der Waals surface area (Å²) in [4.78, 5) is 2.43. The van der Waals surface area contributed by atoms with E-state index in [0.29, 0.717) is 12.1 Å². The molecule has 3 nitrogen and oxygen atoms in total. The van der Waals surface area contributed by atoms with Crippen LogP contribution in [0.3, 0.4) is 0 Å². The summed E-state index contributed by atoms with van der Waals surface area (Å²) in [6, 6.07) is 1.09. The first-order valence-electron chi connectivity index (χ1n) is 5.29. The van der Waals surface area contributed by atoms with Gasteiger partial charge in [0.15, 0.2) is 0 Å². The van der Waals surface area contributed by atoms with E-state index in [4.69, 9.17) is 0 Å². The minimum absolute atomic E-state index is 0.129. The van der Waals surface area contributed by atoms with Gasteiger partial charge in [0.2, 0.25) is 0 Å². The Morgan fingerprint density at radius 3 is 2.62 bits per heavy atom.